The quantitative estimate of drug-likeness (QED) is 0.485. The van der Waals surface area contributed by atoms with Gasteiger partial charge in [-0.3, -0.25) is 19.9 Å². The summed E-state index contributed by atoms with van der Waals surface area (Å²) in [6, 6.07) is 14.8. The third-order valence-electron chi connectivity index (χ3n) is 7.45. The molecule has 1 aliphatic heterocycles. The van der Waals surface area contributed by atoms with Gasteiger partial charge in [0.1, 0.15) is 0 Å². The summed E-state index contributed by atoms with van der Waals surface area (Å²) in [5.74, 6) is 0.0915. The standard InChI is InChI=1S/C28H33N4O2/c1-20-8-11-24-22(18-20)10-9-21-6-4-12-29-25(21)26(24)30-14-16-31(17-15-30)27(33)28(2,3)23-7-5-13-32(34)19-23/h4-8,11-13,18-19,26,34H,9-10,14-17H2,1-3H3/q+1. The molecule has 0 bridgehead atoms. The van der Waals surface area contributed by atoms with Crippen LogP contribution in [0.5, 0.6) is 0 Å². The average Bonchev–Trinajstić information content (AvgIpc) is 3.00. The maximum Gasteiger partial charge on any atom is 0.232 e. The summed E-state index contributed by atoms with van der Waals surface area (Å²) in [5, 5.41) is 9.83. The topological polar surface area (TPSA) is 60.6 Å². The van der Waals surface area contributed by atoms with Crippen LogP contribution in [0.3, 0.4) is 0 Å². The molecule has 6 nitrogen and oxygen atoms in total. The molecule has 176 valence electrons. The number of nitrogens with zero attached hydrogens (tertiary/aromatic N) is 4. The molecule has 2 aromatic heterocycles. The van der Waals surface area contributed by atoms with Gasteiger partial charge in [-0.15, -0.1) is 0 Å². The highest BCUT2D eigenvalue weighted by molar-refractivity contribution is 5.87. The molecule has 3 heterocycles. The summed E-state index contributed by atoms with van der Waals surface area (Å²) >= 11 is 0. The first-order valence-corrected chi connectivity index (χ1v) is 12.1. The van der Waals surface area contributed by atoms with E-state index in [4.69, 9.17) is 4.98 Å². The lowest BCUT2D eigenvalue weighted by Crippen LogP contribution is -2.54. The molecule has 34 heavy (non-hydrogen) atoms. The lowest BCUT2D eigenvalue weighted by molar-refractivity contribution is -0.905. The fourth-order valence-electron chi connectivity index (χ4n) is 5.45. The van der Waals surface area contributed by atoms with Crippen LogP contribution < -0.4 is 4.73 Å². The van der Waals surface area contributed by atoms with Crippen molar-refractivity contribution in [3.63, 3.8) is 0 Å². The molecule has 1 unspecified atom stereocenters. The van der Waals surface area contributed by atoms with Crippen LogP contribution >= 0.6 is 0 Å². The monoisotopic (exact) mass is 457 g/mol. The minimum Gasteiger partial charge on any atom is -0.339 e. The van der Waals surface area contributed by atoms with Crippen molar-refractivity contribution < 1.29 is 14.7 Å². The molecule has 0 spiro atoms. The van der Waals surface area contributed by atoms with Crippen LogP contribution in [0.2, 0.25) is 0 Å². The number of pyridine rings is 2. The fraction of sp³-hybridized carbons (Fsp3) is 0.393. The Morgan fingerprint density at radius 3 is 2.59 bits per heavy atom. The molecule has 2 aliphatic rings. The van der Waals surface area contributed by atoms with E-state index < -0.39 is 5.41 Å². The largest absolute Gasteiger partial charge is 0.339 e. The summed E-state index contributed by atoms with van der Waals surface area (Å²) < 4.78 is 1.01. The Morgan fingerprint density at radius 2 is 1.82 bits per heavy atom. The fourth-order valence-corrected chi connectivity index (χ4v) is 5.45. The molecule has 0 saturated carbocycles. The number of hydrogen-bond donors (Lipinski definition) is 1. The number of carbonyl (C=O) groups is 1. The van der Waals surface area contributed by atoms with E-state index in [2.05, 4.69) is 36.1 Å². The zero-order chi connectivity index (χ0) is 23.9. The van der Waals surface area contributed by atoms with E-state index in [0.717, 1.165) is 41.9 Å². The van der Waals surface area contributed by atoms with Gasteiger partial charge >= 0.3 is 0 Å². The van der Waals surface area contributed by atoms with Crippen molar-refractivity contribution in [2.24, 2.45) is 0 Å². The number of aromatic nitrogens is 2. The van der Waals surface area contributed by atoms with Crippen molar-refractivity contribution in [1.82, 2.24) is 14.8 Å². The van der Waals surface area contributed by atoms with Crippen molar-refractivity contribution in [2.45, 2.75) is 45.1 Å². The summed E-state index contributed by atoms with van der Waals surface area (Å²) in [5.41, 5.74) is 6.61. The van der Waals surface area contributed by atoms with E-state index in [-0.39, 0.29) is 11.9 Å². The molecule has 1 N–H and O–H groups in total. The Balaban J connectivity index is 1.39. The average molecular weight is 458 g/mol. The Labute approximate surface area is 201 Å². The second-order valence-electron chi connectivity index (χ2n) is 10.1. The maximum atomic E-state index is 13.5. The number of amides is 1. The lowest BCUT2D eigenvalue weighted by Gasteiger charge is -2.41. The van der Waals surface area contributed by atoms with E-state index in [1.54, 1.807) is 18.5 Å². The number of rotatable bonds is 3. The molecule has 1 aromatic carbocycles. The van der Waals surface area contributed by atoms with Crippen LogP contribution in [0.1, 0.15) is 53.4 Å². The summed E-state index contributed by atoms with van der Waals surface area (Å²) in [4.78, 5) is 22.8. The van der Waals surface area contributed by atoms with E-state index in [1.807, 2.05) is 37.1 Å². The van der Waals surface area contributed by atoms with Crippen molar-refractivity contribution in [1.29, 1.82) is 0 Å². The predicted molar refractivity (Wildman–Crippen MR) is 130 cm³/mol. The third kappa shape index (κ3) is 4.07. The number of benzene rings is 1. The number of hydrogen-bond acceptors (Lipinski definition) is 4. The third-order valence-corrected chi connectivity index (χ3v) is 7.45. The number of fused-ring (bicyclic) bond motifs is 2. The summed E-state index contributed by atoms with van der Waals surface area (Å²) in [7, 11) is 0. The molecule has 0 radical (unpaired) electrons. The minimum atomic E-state index is -0.714. The van der Waals surface area contributed by atoms with Crippen molar-refractivity contribution in [3.8, 4) is 0 Å². The van der Waals surface area contributed by atoms with Gasteiger partial charge in [-0.1, -0.05) is 29.8 Å². The van der Waals surface area contributed by atoms with Gasteiger partial charge in [-0.05, 0) is 62.4 Å². The van der Waals surface area contributed by atoms with Crippen molar-refractivity contribution in [3.05, 3.63) is 94.6 Å². The Morgan fingerprint density at radius 1 is 1.06 bits per heavy atom. The van der Waals surface area contributed by atoms with Gasteiger partial charge in [0.2, 0.25) is 18.3 Å². The first-order valence-electron chi connectivity index (χ1n) is 12.1. The molecule has 1 aliphatic carbocycles. The summed E-state index contributed by atoms with van der Waals surface area (Å²) in [6.45, 7) is 8.96. The second-order valence-corrected chi connectivity index (χ2v) is 10.1. The van der Waals surface area contributed by atoms with Gasteiger partial charge in [0.15, 0.2) is 0 Å². The van der Waals surface area contributed by atoms with Gasteiger partial charge in [0.05, 0.1) is 17.2 Å². The Bertz CT molecular complexity index is 1210. The molecular weight excluding hydrogens is 424 g/mol. The van der Waals surface area contributed by atoms with Crippen molar-refractivity contribution in [2.75, 3.05) is 26.2 Å². The van der Waals surface area contributed by atoms with E-state index in [1.165, 1.54) is 22.3 Å². The van der Waals surface area contributed by atoms with Crippen LogP contribution in [-0.2, 0) is 23.1 Å². The van der Waals surface area contributed by atoms with Gasteiger partial charge in [-0.25, -0.2) is 0 Å². The van der Waals surface area contributed by atoms with Crippen LogP contribution in [-0.4, -0.2) is 52.1 Å². The SMILES string of the molecule is Cc1ccc2c(c1)CCc1cccnc1C2N1CCN(C(=O)C(C)(C)c2ccc[n+](O)c2)CC1. The molecule has 6 heteroatoms. The molecule has 1 fully saturated rings. The van der Waals surface area contributed by atoms with Crippen LogP contribution in [0.15, 0.2) is 61.1 Å². The normalized spacial score (nSPS) is 18.7. The van der Waals surface area contributed by atoms with Gasteiger partial charge < -0.3 is 4.90 Å². The lowest BCUT2D eigenvalue weighted by atomic mass is 9.84. The summed E-state index contributed by atoms with van der Waals surface area (Å²) in [6.07, 6.45) is 7.11. The molecule has 1 atom stereocenters. The number of piperazine rings is 1. The highest BCUT2D eigenvalue weighted by atomic mass is 16.5. The zero-order valence-electron chi connectivity index (χ0n) is 20.2. The van der Waals surface area contributed by atoms with Gasteiger partial charge in [0, 0.05) is 48.7 Å². The van der Waals surface area contributed by atoms with E-state index in [0.29, 0.717) is 13.1 Å². The van der Waals surface area contributed by atoms with Gasteiger partial charge in [0.25, 0.3) is 0 Å². The predicted octanol–water partition coefficient (Wildman–Crippen LogP) is 3.22. The number of carbonyl (C=O) groups excluding carboxylic acids is 1. The molecule has 1 amide bonds. The minimum absolute atomic E-state index is 0.0915. The van der Waals surface area contributed by atoms with Crippen molar-refractivity contribution >= 4 is 5.91 Å². The van der Waals surface area contributed by atoms with E-state index in [9.17, 15) is 10.0 Å². The highest BCUT2D eigenvalue weighted by Gasteiger charge is 2.39. The Hall–Kier alpha value is -3.25. The smallest absolute Gasteiger partial charge is 0.232 e. The van der Waals surface area contributed by atoms with Crippen LogP contribution in [0, 0.1) is 6.92 Å². The zero-order valence-corrected chi connectivity index (χ0v) is 20.2. The maximum absolute atomic E-state index is 13.5. The number of aryl methyl sites for hydroxylation is 3. The van der Waals surface area contributed by atoms with Gasteiger partial charge in [-0.2, -0.15) is 0 Å². The molecule has 5 rings (SSSR count). The highest BCUT2D eigenvalue weighted by Crippen LogP contribution is 2.37. The molecule has 3 aromatic rings. The van der Waals surface area contributed by atoms with Crippen LogP contribution in [0.25, 0.3) is 0 Å². The first kappa shape index (κ1) is 22.5. The Kier molecular flexibility index (Phi) is 5.86. The molecular formula is C28H33N4O2+. The van der Waals surface area contributed by atoms with Crippen LogP contribution in [0.4, 0.5) is 0 Å². The first-order chi connectivity index (χ1) is 16.3. The molecule has 1 saturated heterocycles. The van der Waals surface area contributed by atoms with E-state index >= 15 is 0 Å². The second kappa shape index (κ2) is 8.84.